The number of nitrogens with zero attached hydrogens (tertiary/aromatic N) is 1. The van der Waals surface area contributed by atoms with Gasteiger partial charge in [-0.25, -0.2) is 0 Å². The molecule has 0 saturated heterocycles. The van der Waals surface area contributed by atoms with E-state index in [-0.39, 0.29) is 67.6 Å². The van der Waals surface area contributed by atoms with Gasteiger partial charge in [-0.15, -0.1) is 0 Å². The molecule has 8 atom stereocenters. The predicted molar refractivity (Wildman–Crippen MR) is 165 cm³/mol. The van der Waals surface area contributed by atoms with Gasteiger partial charge in [-0.1, -0.05) is 45.3 Å². The number of Topliss-reactive ketones (excluding diaryl/α,β-unsaturated/α-hetero) is 1. The minimum atomic E-state index is -4.13. The Morgan fingerprint density at radius 2 is 1.78 bits per heavy atom. The van der Waals surface area contributed by atoms with Gasteiger partial charge in [0.1, 0.15) is 5.60 Å². The van der Waals surface area contributed by atoms with Gasteiger partial charge in [-0.3, -0.25) is 23.7 Å². The van der Waals surface area contributed by atoms with Gasteiger partial charge in [0.25, 0.3) is 10.1 Å². The van der Waals surface area contributed by atoms with Gasteiger partial charge in [0.05, 0.1) is 11.9 Å². The largest absolute Gasteiger partial charge is 0.458 e. The third-order valence-corrected chi connectivity index (χ3v) is 12.1. The molecule has 0 heterocycles. The van der Waals surface area contributed by atoms with Crippen LogP contribution in [0.3, 0.4) is 0 Å². The van der Waals surface area contributed by atoms with Crippen LogP contribution >= 0.6 is 0 Å². The molecule has 0 aromatic carbocycles. The smallest absolute Gasteiger partial charge is 0.306 e. The number of unbranched alkanes of at least 4 members (excludes halogenated alkanes) is 3. The molecule has 3 fully saturated rings. The number of amides is 1. The number of hydrogen-bond acceptors (Lipinski definition) is 9. The topological polar surface area (TPSA) is 176 Å². The second-order valence-electron chi connectivity index (χ2n) is 14.2. The van der Waals surface area contributed by atoms with Crippen molar-refractivity contribution in [3.8, 4) is 0 Å². The van der Waals surface area contributed by atoms with Crippen LogP contribution in [0.4, 0.5) is 0 Å². The van der Waals surface area contributed by atoms with Crippen molar-refractivity contribution in [1.29, 1.82) is 0 Å². The third-order valence-electron chi connectivity index (χ3n) is 11.4. The van der Waals surface area contributed by atoms with Crippen molar-refractivity contribution in [1.82, 2.24) is 4.90 Å². The summed E-state index contributed by atoms with van der Waals surface area (Å²) in [5, 5.41) is 23.4. The molecule has 0 radical (unpaired) electrons. The Morgan fingerprint density at radius 3 is 2.44 bits per heavy atom. The highest BCUT2D eigenvalue weighted by molar-refractivity contribution is 7.85. The molecular weight excluding hydrogens is 602 g/mol. The number of rotatable bonds is 13. The van der Waals surface area contributed by atoms with E-state index in [9.17, 15) is 37.8 Å². The summed E-state index contributed by atoms with van der Waals surface area (Å²) >= 11 is 0. The van der Waals surface area contributed by atoms with Crippen LogP contribution in [0, 0.1) is 34.5 Å². The number of ketones is 2. The van der Waals surface area contributed by atoms with Crippen molar-refractivity contribution in [2.75, 3.05) is 26.0 Å². The predicted octanol–water partition coefficient (Wildman–Crippen LogP) is 3.04. The maximum atomic E-state index is 13.5. The van der Waals surface area contributed by atoms with Gasteiger partial charge in [-0.2, -0.15) is 8.42 Å². The van der Waals surface area contributed by atoms with Crippen LogP contribution in [0.2, 0.25) is 0 Å². The van der Waals surface area contributed by atoms with Crippen LogP contribution in [0.15, 0.2) is 23.8 Å². The number of carbonyl (C=O) groups is 4. The summed E-state index contributed by atoms with van der Waals surface area (Å²) < 4.78 is 35.8. The number of hydrogen-bond donors (Lipinski definition) is 3. The molecule has 1 amide bonds. The van der Waals surface area contributed by atoms with E-state index in [1.807, 2.05) is 13.0 Å². The number of ether oxygens (including phenoxy) is 1. The Balaban J connectivity index is 1.25. The number of fused-ring (bicyclic) bond motifs is 5. The number of esters is 1. The molecule has 0 spiro atoms. The number of allylic oxidation sites excluding steroid dienone is 4. The van der Waals surface area contributed by atoms with E-state index in [0.29, 0.717) is 32.1 Å². The van der Waals surface area contributed by atoms with Crippen molar-refractivity contribution in [3.63, 3.8) is 0 Å². The summed E-state index contributed by atoms with van der Waals surface area (Å²) in [6, 6.07) is 0. The first kappa shape index (κ1) is 35.4. The highest BCUT2D eigenvalue weighted by Gasteiger charge is 2.68. The first-order valence-electron chi connectivity index (χ1n) is 16.2. The van der Waals surface area contributed by atoms with Crippen LogP contribution in [-0.4, -0.2) is 89.2 Å². The molecule has 4 aliphatic rings. The molecule has 0 bridgehead atoms. The minimum absolute atomic E-state index is 0.00297. The standard InChI is InChI=1S/C33H49NO10S/c1-21-17-23-24-12-14-33(40,32(24,3)19-26(36)30(23)31(2)13-11-22(35)18-25(21)31)27(37)20-44-29(39)10-8-6-5-7-9-28(38)34(4)15-16-45(41,42)43/h11,13,18,21,23-24,26,30,36,40H,5-10,12,14-17,19-20H2,1-4H3,(H,41,42,43)/t21-,23-,24-,26-,30+,31?,32-,33-/m0/s1. The number of carbonyl (C=O) groups excluding carboxylic acids is 4. The van der Waals surface area contributed by atoms with Crippen molar-refractivity contribution >= 4 is 33.6 Å². The van der Waals surface area contributed by atoms with Gasteiger partial charge in [0, 0.05) is 43.2 Å². The van der Waals surface area contributed by atoms with Gasteiger partial charge >= 0.3 is 5.97 Å². The monoisotopic (exact) mass is 651 g/mol. The summed E-state index contributed by atoms with van der Waals surface area (Å²) in [6.07, 6.45) is 9.06. The van der Waals surface area contributed by atoms with Gasteiger partial charge in [0.2, 0.25) is 11.7 Å². The van der Waals surface area contributed by atoms with Crippen LogP contribution in [-0.2, 0) is 34.0 Å². The van der Waals surface area contributed by atoms with Gasteiger partial charge in [0.15, 0.2) is 12.4 Å². The van der Waals surface area contributed by atoms with Crippen molar-refractivity contribution < 1.29 is 47.1 Å². The summed E-state index contributed by atoms with van der Waals surface area (Å²) in [7, 11) is -2.66. The summed E-state index contributed by atoms with van der Waals surface area (Å²) in [6.45, 7) is 5.46. The van der Waals surface area contributed by atoms with Crippen LogP contribution in [0.25, 0.3) is 0 Å². The van der Waals surface area contributed by atoms with E-state index in [0.717, 1.165) is 12.0 Å². The van der Waals surface area contributed by atoms with E-state index in [4.69, 9.17) is 9.29 Å². The normalized spacial score (nSPS) is 35.6. The Hall–Kier alpha value is -2.41. The van der Waals surface area contributed by atoms with Crippen LogP contribution in [0.5, 0.6) is 0 Å². The Bertz CT molecular complexity index is 1360. The maximum absolute atomic E-state index is 13.5. The first-order chi connectivity index (χ1) is 20.9. The van der Waals surface area contributed by atoms with E-state index in [1.165, 1.54) is 11.9 Å². The zero-order chi connectivity index (χ0) is 33.4. The van der Waals surface area contributed by atoms with Gasteiger partial charge < -0.3 is 19.8 Å². The Labute approximate surface area is 266 Å². The molecular formula is C33H49NO10S. The first-order valence-corrected chi connectivity index (χ1v) is 17.8. The average molecular weight is 652 g/mol. The van der Waals surface area contributed by atoms with Crippen molar-refractivity contribution in [3.05, 3.63) is 23.8 Å². The fraction of sp³-hybridized carbons (Fsp3) is 0.758. The highest BCUT2D eigenvalue weighted by Crippen LogP contribution is 2.67. The molecule has 12 heteroatoms. The lowest BCUT2D eigenvalue weighted by molar-refractivity contribution is -0.182. The van der Waals surface area contributed by atoms with E-state index >= 15 is 0 Å². The minimum Gasteiger partial charge on any atom is -0.458 e. The molecule has 45 heavy (non-hydrogen) atoms. The second kappa shape index (κ2) is 13.4. The van der Waals surface area contributed by atoms with Crippen molar-refractivity contribution in [2.24, 2.45) is 34.5 Å². The quantitative estimate of drug-likeness (QED) is 0.152. The maximum Gasteiger partial charge on any atom is 0.306 e. The zero-order valence-electron chi connectivity index (χ0n) is 26.9. The molecule has 0 aromatic heterocycles. The number of aliphatic hydroxyl groups excluding tert-OH is 1. The van der Waals surface area contributed by atoms with E-state index in [2.05, 4.69) is 13.8 Å². The lowest BCUT2D eigenvalue weighted by Gasteiger charge is -2.60. The zero-order valence-corrected chi connectivity index (χ0v) is 27.7. The van der Waals surface area contributed by atoms with E-state index in [1.54, 1.807) is 12.2 Å². The summed E-state index contributed by atoms with van der Waals surface area (Å²) in [5.74, 6) is -1.79. The molecule has 252 valence electrons. The molecule has 4 aliphatic carbocycles. The number of aliphatic hydroxyl groups is 2. The van der Waals surface area contributed by atoms with Crippen molar-refractivity contribution in [2.45, 2.75) is 96.7 Å². The second-order valence-corrected chi connectivity index (χ2v) is 15.8. The SMILES string of the molecule is C[C@H]1C[C@@H]2[C@H]([C@@H](O)C[C@@]3(C)[C@H]2CC[C@]3(O)C(=O)COC(=O)CCCCCCC(=O)N(C)CCS(=O)(=O)O)C2(C)C=CC(=O)C=C12. The fourth-order valence-corrected chi connectivity index (χ4v) is 9.52. The summed E-state index contributed by atoms with van der Waals surface area (Å²) in [5.41, 5.74) is -2.01. The highest BCUT2D eigenvalue weighted by atomic mass is 32.2. The van der Waals surface area contributed by atoms with Crippen LogP contribution < -0.4 is 0 Å². The summed E-state index contributed by atoms with van der Waals surface area (Å²) in [4.78, 5) is 51.4. The molecule has 4 rings (SSSR count). The molecule has 0 aliphatic heterocycles. The van der Waals surface area contributed by atoms with Crippen LogP contribution in [0.1, 0.15) is 85.0 Å². The van der Waals surface area contributed by atoms with E-state index < -0.39 is 56.8 Å². The fourth-order valence-electron chi connectivity index (χ4n) is 9.02. The molecule has 1 unspecified atom stereocenters. The lowest BCUT2D eigenvalue weighted by Crippen LogP contribution is -2.62. The molecule has 0 aromatic rings. The average Bonchev–Trinajstić information content (AvgIpc) is 3.23. The Kier molecular flexibility index (Phi) is 10.5. The lowest BCUT2D eigenvalue weighted by atomic mass is 9.45. The Morgan fingerprint density at radius 1 is 1.11 bits per heavy atom. The molecule has 3 saturated carbocycles. The third kappa shape index (κ3) is 7.13. The molecule has 3 N–H and O–H groups in total. The van der Waals surface area contributed by atoms with Gasteiger partial charge in [-0.05, 0) is 68.4 Å². The molecule has 11 nitrogen and oxygen atoms in total.